The number of aliphatic hydroxyl groups excluding tert-OH is 2. The smallest absolute Gasteiger partial charge is 0.0581 e. The molecule has 2 N–H and O–H groups in total. The quantitative estimate of drug-likeness (QED) is 0.714. The normalized spacial score (nSPS) is 60.0. The lowest BCUT2D eigenvalue weighted by molar-refractivity contribution is -0.171. The average Bonchev–Trinajstić information content (AvgIpc) is 2.80. The molecule has 0 spiro atoms. The van der Waals surface area contributed by atoms with Crippen molar-refractivity contribution < 1.29 is 10.2 Å². The van der Waals surface area contributed by atoms with E-state index in [0.717, 1.165) is 37.5 Å². The highest BCUT2D eigenvalue weighted by molar-refractivity contribution is 5.10. The minimum absolute atomic E-state index is 0.0860. The molecule has 4 aliphatic carbocycles. The van der Waals surface area contributed by atoms with Crippen molar-refractivity contribution in [2.45, 2.75) is 83.8 Å². The molecule has 4 rings (SSSR count). The van der Waals surface area contributed by atoms with Gasteiger partial charge in [-0.1, -0.05) is 20.3 Å². The van der Waals surface area contributed by atoms with Gasteiger partial charge in [0.1, 0.15) is 0 Å². The lowest BCUT2D eigenvalue weighted by Gasteiger charge is -2.61. The van der Waals surface area contributed by atoms with Crippen molar-refractivity contribution in [3.63, 3.8) is 0 Å². The van der Waals surface area contributed by atoms with Gasteiger partial charge >= 0.3 is 0 Å². The Morgan fingerprint density at radius 1 is 0.952 bits per heavy atom. The van der Waals surface area contributed by atoms with Crippen LogP contribution in [0.2, 0.25) is 0 Å². The molecule has 4 saturated carbocycles. The van der Waals surface area contributed by atoms with Crippen LogP contribution in [0.3, 0.4) is 0 Å². The van der Waals surface area contributed by atoms with Gasteiger partial charge in [-0.25, -0.2) is 0 Å². The molecule has 0 aromatic heterocycles. The molecule has 0 amide bonds. The van der Waals surface area contributed by atoms with E-state index in [2.05, 4.69) is 13.8 Å². The van der Waals surface area contributed by atoms with E-state index in [4.69, 9.17) is 0 Å². The van der Waals surface area contributed by atoms with Gasteiger partial charge in [-0.05, 0) is 85.9 Å². The number of hydrogen-bond acceptors (Lipinski definition) is 2. The molecule has 4 fully saturated rings. The van der Waals surface area contributed by atoms with E-state index >= 15 is 0 Å². The molecule has 0 bridgehead atoms. The van der Waals surface area contributed by atoms with Gasteiger partial charge < -0.3 is 10.2 Å². The molecule has 2 heteroatoms. The van der Waals surface area contributed by atoms with Gasteiger partial charge in [-0.3, -0.25) is 0 Å². The first-order valence-corrected chi connectivity index (χ1v) is 9.30. The van der Waals surface area contributed by atoms with Crippen LogP contribution in [0.1, 0.15) is 71.6 Å². The average molecular weight is 292 g/mol. The van der Waals surface area contributed by atoms with E-state index in [1.807, 2.05) is 0 Å². The van der Waals surface area contributed by atoms with Gasteiger partial charge in [0, 0.05) is 0 Å². The summed E-state index contributed by atoms with van der Waals surface area (Å²) in [6.07, 6.45) is 10.6. The van der Waals surface area contributed by atoms with Crippen LogP contribution < -0.4 is 0 Å². The fraction of sp³-hybridized carbons (Fsp3) is 1.00. The molecular weight excluding hydrogens is 260 g/mol. The summed E-state index contributed by atoms with van der Waals surface area (Å²) in [7, 11) is 0. The summed E-state index contributed by atoms with van der Waals surface area (Å²) >= 11 is 0. The molecule has 120 valence electrons. The Hall–Kier alpha value is -0.0800. The number of fused-ring (bicyclic) bond motifs is 5. The van der Waals surface area contributed by atoms with E-state index < -0.39 is 0 Å². The maximum absolute atomic E-state index is 11.0. The van der Waals surface area contributed by atoms with Crippen LogP contribution in [-0.2, 0) is 0 Å². The maximum Gasteiger partial charge on any atom is 0.0581 e. The zero-order valence-electron chi connectivity index (χ0n) is 13.7. The Kier molecular flexibility index (Phi) is 3.25. The molecule has 2 nitrogen and oxygen atoms in total. The van der Waals surface area contributed by atoms with Gasteiger partial charge in [-0.15, -0.1) is 0 Å². The Balaban J connectivity index is 1.67. The first-order chi connectivity index (χ1) is 9.94. The summed E-state index contributed by atoms with van der Waals surface area (Å²) in [5, 5.41) is 21.1. The first kappa shape index (κ1) is 14.5. The second-order valence-corrected chi connectivity index (χ2v) is 9.32. The minimum Gasteiger partial charge on any atom is -0.393 e. The van der Waals surface area contributed by atoms with Gasteiger partial charge in [0.2, 0.25) is 0 Å². The van der Waals surface area contributed by atoms with Crippen molar-refractivity contribution in [2.24, 2.45) is 34.5 Å². The van der Waals surface area contributed by atoms with E-state index in [0.29, 0.717) is 17.3 Å². The molecule has 0 unspecified atom stereocenters. The Bertz CT molecular complexity index is 422. The molecule has 0 heterocycles. The molecule has 0 radical (unpaired) electrons. The van der Waals surface area contributed by atoms with Crippen LogP contribution in [-0.4, -0.2) is 22.4 Å². The zero-order chi connectivity index (χ0) is 14.8. The van der Waals surface area contributed by atoms with E-state index in [-0.39, 0.29) is 17.6 Å². The predicted molar refractivity (Wildman–Crippen MR) is 83.7 cm³/mol. The SMILES string of the molecule is C[C@]12CCC[C@@H]1[C@@H]1CC[C@H]3C[C@H](O)CC[C@]3(C)[C@@H]1[C@H](O)C2. The fourth-order valence-corrected chi connectivity index (χ4v) is 7.37. The summed E-state index contributed by atoms with van der Waals surface area (Å²) in [5.74, 6) is 2.75. The monoisotopic (exact) mass is 292 g/mol. The highest BCUT2D eigenvalue weighted by Gasteiger charge is 2.60. The predicted octanol–water partition coefficient (Wildman–Crippen LogP) is 3.75. The Morgan fingerprint density at radius 3 is 2.57 bits per heavy atom. The van der Waals surface area contributed by atoms with E-state index in [1.165, 1.54) is 32.1 Å². The summed E-state index contributed by atoms with van der Waals surface area (Å²) in [4.78, 5) is 0. The van der Waals surface area contributed by atoms with Crippen molar-refractivity contribution in [3.8, 4) is 0 Å². The van der Waals surface area contributed by atoms with Gasteiger partial charge in [0.25, 0.3) is 0 Å². The third kappa shape index (κ3) is 1.97. The Labute approximate surface area is 129 Å². The molecule has 21 heavy (non-hydrogen) atoms. The lowest BCUT2D eigenvalue weighted by Crippen LogP contribution is -2.58. The van der Waals surface area contributed by atoms with Crippen molar-refractivity contribution in [3.05, 3.63) is 0 Å². The minimum atomic E-state index is -0.0996. The van der Waals surface area contributed by atoms with Gasteiger partial charge in [0.15, 0.2) is 0 Å². The largest absolute Gasteiger partial charge is 0.393 e. The van der Waals surface area contributed by atoms with Gasteiger partial charge in [0.05, 0.1) is 12.2 Å². The van der Waals surface area contributed by atoms with Crippen molar-refractivity contribution in [2.75, 3.05) is 0 Å². The number of hydrogen-bond donors (Lipinski definition) is 2. The number of aliphatic hydroxyl groups is 2. The standard InChI is InChI=1S/C19H32O2/c1-18-8-3-4-15(18)14-6-5-12-10-13(20)7-9-19(12,2)17(14)16(21)11-18/h12-17,20-21H,3-11H2,1-2H3/t12-,13+,14-,15+,16+,17-,18+,19-/m0/s1. The second kappa shape index (κ2) is 4.71. The highest BCUT2D eigenvalue weighted by atomic mass is 16.3. The second-order valence-electron chi connectivity index (χ2n) is 9.32. The van der Waals surface area contributed by atoms with Crippen molar-refractivity contribution in [1.29, 1.82) is 0 Å². The van der Waals surface area contributed by atoms with Gasteiger partial charge in [-0.2, -0.15) is 0 Å². The van der Waals surface area contributed by atoms with Crippen LogP contribution in [0, 0.1) is 34.5 Å². The Morgan fingerprint density at radius 2 is 1.76 bits per heavy atom. The van der Waals surface area contributed by atoms with Crippen molar-refractivity contribution >= 4 is 0 Å². The van der Waals surface area contributed by atoms with Crippen molar-refractivity contribution in [1.82, 2.24) is 0 Å². The van der Waals surface area contributed by atoms with Crippen LogP contribution in [0.5, 0.6) is 0 Å². The first-order valence-electron chi connectivity index (χ1n) is 9.30. The molecule has 0 aromatic carbocycles. The lowest BCUT2D eigenvalue weighted by atomic mass is 9.44. The molecule has 4 aliphatic rings. The molecule has 0 saturated heterocycles. The third-order valence-corrected chi connectivity index (χ3v) is 8.34. The maximum atomic E-state index is 11.0. The van der Waals surface area contributed by atoms with E-state index in [9.17, 15) is 10.2 Å². The molecule has 8 atom stereocenters. The fourth-order valence-electron chi connectivity index (χ4n) is 7.37. The molecule has 0 aromatic rings. The molecular formula is C19H32O2. The summed E-state index contributed by atoms with van der Waals surface area (Å²) < 4.78 is 0. The van der Waals surface area contributed by atoms with Crippen LogP contribution >= 0.6 is 0 Å². The topological polar surface area (TPSA) is 40.5 Å². The summed E-state index contributed by atoms with van der Waals surface area (Å²) in [6, 6.07) is 0. The van der Waals surface area contributed by atoms with Crippen LogP contribution in [0.4, 0.5) is 0 Å². The third-order valence-electron chi connectivity index (χ3n) is 8.34. The van der Waals surface area contributed by atoms with E-state index in [1.54, 1.807) is 0 Å². The molecule has 0 aliphatic heterocycles. The van der Waals surface area contributed by atoms with Crippen LogP contribution in [0.15, 0.2) is 0 Å². The summed E-state index contributed by atoms with van der Waals surface area (Å²) in [5.41, 5.74) is 0.698. The number of rotatable bonds is 0. The highest BCUT2D eigenvalue weighted by Crippen LogP contribution is 2.66. The zero-order valence-corrected chi connectivity index (χ0v) is 13.7. The van der Waals surface area contributed by atoms with Crippen LogP contribution in [0.25, 0.3) is 0 Å². The summed E-state index contributed by atoms with van der Waals surface area (Å²) in [6.45, 7) is 4.89.